The highest BCUT2D eigenvalue weighted by Crippen LogP contribution is 2.41. The average Bonchev–Trinajstić information content (AvgIpc) is 3.40. The van der Waals surface area contributed by atoms with E-state index in [1.165, 1.54) is 0 Å². The topological polar surface area (TPSA) is 84.4 Å². The Bertz CT molecular complexity index is 1180. The third kappa shape index (κ3) is 3.35. The molecule has 0 unspecified atom stereocenters. The zero-order valence-electron chi connectivity index (χ0n) is 16.8. The Hall–Kier alpha value is -3.52. The van der Waals surface area contributed by atoms with E-state index in [9.17, 15) is 0 Å². The highest BCUT2D eigenvalue weighted by atomic mass is 35.5. The van der Waals surface area contributed by atoms with Crippen molar-refractivity contribution in [1.29, 1.82) is 0 Å². The summed E-state index contributed by atoms with van der Waals surface area (Å²) < 4.78 is 23.5. The first-order chi connectivity index (χ1) is 14.6. The Balaban J connectivity index is 1.74. The Morgan fingerprint density at radius 3 is 2.33 bits per heavy atom. The largest absolute Gasteiger partial charge is 0.493 e. The highest BCUT2D eigenvalue weighted by molar-refractivity contribution is 6.33. The van der Waals surface area contributed by atoms with Gasteiger partial charge in [-0.15, -0.1) is 0 Å². The summed E-state index contributed by atoms with van der Waals surface area (Å²) in [5.41, 5.74) is 2.14. The number of hydrogen-bond acceptors (Lipinski definition) is 7. The summed E-state index contributed by atoms with van der Waals surface area (Å²) >= 11 is 6.31. The van der Waals surface area contributed by atoms with Crippen molar-refractivity contribution in [1.82, 2.24) is 19.7 Å². The molecule has 2 aromatic heterocycles. The predicted molar refractivity (Wildman–Crippen MR) is 112 cm³/mol. The number of imidazole rings is 1. The van der Waals surface area contributed by atoms with E-state index in [4.69, 9.17) is 30.3 Å². The Morgan fingerprint density at radius 1 is 1.00 bits per heavy atom. The first-order valence-corrected chi connectivity index (χ1v) is 9.36. The fraction of sp³-hybridized carbons (Fsp3) is 0.190. The lowest BCUT2D eigenvalue weighted by Crippen LogP contribution is -1.97. The molecule has 0 radical (unpaired) electrons. The van der Waals surface area contributed by atoms with Crippen LogP contribution in [0.2, 0.25) is 5.02 Å². The van der Waals surface area contributed by atoms with Crippen LogP contribution in [0.1, 0.15) is 0 Å². The molecular weight excluding hydrogens is 408 g/mol. The maximum absolute atomic E-state index is 6.31. The van der Waals surface area contributed by atoms with Crippen molar-refractivity contribution in [3.8, 4) is 51.6 Å². The molecule has 0 amide bonds. The summed E-state index contributed by atoms with van der Waals surface area (Å²) in [6.07, 6.45) is 1.67. The fourth-order valence-corrected chi connectivity index (χ4v) is 3.38. The van der Waals surface area contributed by atoms with Crippen molar-refractivity contribution in [2.24, 2.45) is 7.05 Å². The van der Waals surface area contributed by atoms with Gasteiger partial charge in [-0.1, -0.05) is 28.9 Å². The van der Waals surface area contributed by atoms with Crippen LogP contribution in [0.3, 0.4) is 0 Å². The molecule has 0 fully saturated rings. The second kappa shape index (κ2) is 8.08. The van der Waals surface area contributed by atoms with Crippen LogP contribution in [-0.2, 0) is 7.05 Å². The molecule has 0 spiro atoms. The number of methoxy groups -OCH3 is 3. The smallest absolute Gasteiger partial charge is 0.276 e. The molecule has 4 rings (SSSR count). The van der Waals surface area contributed by atoms with Gasteiger partial charge in [-0.25, -0.2) is 4.98 Å². The van der Waals surface area contributed by atoms with Gasteiger partial charge in [-0.3, -0.25) is 0 Å². The van der Waals surface area contributed by atoms with Crippen molar-refractivity contribution in [3.05, 3.63) is 47.6 Å². The zero-order valence-corrected chi connectivity index (χ0v) is 17.6. The number of halogens is 1. The summed E-state index contributed by atoms with van der Waals surface area (Å²) in [7, 11) is 6.51. The number of hydrogen-bond donors (Lipinski definition) is 0. The van der Waals surface area contributed by atoms with E-state index >= 15 is 0 Å². The molecule has 154 valence electrons. The van der Waals surface area contributed by atoms with Crippen molar-refractivity contribution < 1.29 is 18.7 Å². The second-order valence-electron chi connectivity index (χ2n) is 6.34. The minimum atomic E-state index is 0.326. The van der Waals surface area contributed by atoms with Crippen molar-refractivity contribution in [2.75, 3.05) is 21.3 Å². The highest BCUT2D eigenvalue weighted by Gasteiger charge is 2.20. The van der Waals surface area contributed by atoms with Crippen LogP contribution in [0.4, 0.5) is 0 Å². The molecule has 0 aliphatic heterocycles. The van der Waals surface area contributed by atoms with Crippen LogP contribution in [-0.4, -0.2) is 41.0 Å². The summed E-state index contributed by atoms with van der Waals surface area (Å²) in [6, 6.07) is 11.0. The molecular formula is C21H19ClN4O4. The standard InChI is InChI=1S/C21H19ClN4O4/c1-26-15(11-23-20(26)13-7-5-6-8-14(13)22)21-24-19(25-30-21)12-9-16(27-2)18(29-4)17(10-12)28-3/h5-11H,1-4H3. The number of ether oxygens (including phenoxy) is 3. The lowest BCUT2D eigenvalue weighted by Gasteiger charge is -2.12. The van der Waals surface area contributed by atoms with E-state index in [0.29, 0.717) is 51.1 Å². The molecule has 0 saturated heterocycles. The van der Waals surface area contributed by atoms with E-state index in [-0.39, 0.29) is 0 Å². The molecule has 8 nitrogen and oxygen atoms in total. The second-order valence-corrected chi connectivity index (χ2v) is 6.75. The van der Waals surface area contributed by atoms with E-state index in [0.717, 1.165) is 5.56 Å². The maximum atomic E-state index is 6.31. The van der Waals surface area contributed by atoms with Crippen LogP contribution in [0.15, 0.2) is 47.1 Å². The lowest BCUT2D eigenvalue weighted by atomic mass is 10.1. The number of benzene rings is 2. The van der Waals surface area contributed by atoms with Gasteiger partial charge < -0.3 is 23.3 Å². The fourth-order valence-electron chi connectivity index (χ4n) is 3.16. The molecule has 0 saturated carbocycles. The van der Waals surface area contributed by atoms with Crippen LogP contribution in [0.25, 0.3) is 34.4 Å². The number of aromatic nitrogens is 4. The molecule has 0 aliphatic rings. The molecule has 0 atom stereocenters. The predicted octanol–water partition coefficient (Wildman–Crippen LogP) is 4.48. The summed E-state index contributed by atoms with van der Waals surface area (Å²) in [5.74, 6) is 2.89. The quantitative estimate of drug-likeness (QED) is 0.449. The Labute approximate surface area is 178 Å². The molecule has 2 aromatic carbocycles. The molecule has 0 N–H and O–H groups in total. The first-order valence-electron chi connectivity index (χ1n) is 8.98. The van der Waals surface area contributed by atoms with Gasteiger partial charge in [0.05, 0.1) is 32.5 Å². The summed E-state index contributed by atoms with van der Waals surface area (Å²) in [4.78, 5) is 9.00. The molecule has 2 heterocycles. The van der Waals surface area contributed by atoms with E-state index in [1.54, 1.807) is 39.7 Å². The molecule has 4 aromatic rings. The molecule has 0 bridgehead atoms. The van der Waals surface area contributed by atoms with Gasteiger partial charge in [-0.2, -0.15) is 4.98 Å². The van der Waals surface area contributed by atoms with Gasteiger partial charge in [-0.05, 0) is 24.3 Å². The van der Waals surface area contributed by atoms with Crippen molar-refractivity contribution in [2.45, 2.75) is 0 Å². The Morgan fingerprint density at radius 2 is 1.70 bits per heavy atom. The van der Waals surface area contributed by atoms with Gasteiger partial charge in [0.15, 0.2) is 11.5 Å². The summed E-state index contributed by atoms with van der Waals surface area (Å²) in [5, 5.41) is 4.72. The SMILES string of the molecule is COc1cc(-c2noc(-c3cnc(-c4ccccc4Cl)n3C)n2)cc(OC)c1OC. The average molecular weight is 427 g/mol. The van der Waals surface area contributed by atoms with Crippen molar-refractivity contribution in [3.63, 3.8) is 0 Å². The van der Waals surface area contributed by atoms with Gasteiger partial charge in [0, 0.05) is 18.2 Å². The maximum Gasteiger partial charge on any atom is 0.276 e. The van der Waals surface area contributed by atoms with Crippen LogP contribution in [0.5, 0.6) is 17.2 Å². The number of rotatable bonds is 6. The molecule has 0 aliphatic carbocycles. The normalized spacial score (nSPS) is 10.8. The van der Waals surface area contributed by atoms with Gasteiger partial charge >= 0.3 is 0 Å². The third-order valence-corrected chi connectivity index (χ3v) is 5.00. The Kier molecular flexibility index (Phi) is 5.33. The molecule has 30 heavy (non-hydrogen) atoms. The van der Waals surface area contributed by atoms with Crippen molar-refractivity contribution >= 4 is 11.6 Å². The summed E-state index contributed by atoms with van der Waals surface area (Å²) in [6.45, 7) is 0. The van der Waals surface area contributed by atoms with Crippen LogP contribution in [0, 0.1) is 0 Å². The van der Waals surface area contributed by atoms with Gasteiger partial charge in [0.2, 0.25) is 11.6 Å². The number of nitrogens with zero attached hydrogens (tertiary/aromatic N) is 4. The third-order valence-electron chi connectivity index (χ3n) is 4.67. The minimum Gasteiger partial charge on any atom is -0.493 e. The monoisotopic (exact) mass is 426 g/mol. The van der Waals surface area contributed by atoms with Gasteiger partial charge in [0.1, 0.15) is 11.5 Å². The van der Waals surface area contributed by atoms with E-state index in [1.807, 2.05) is 35.9 Å². The lowest BCUT2D eigenvalue weighted by molar-refractivity contribution is 0.324. The van der Waals surface area contributed by atoms with E-state index < -0.39 is 0 Å². The van der Waals surface area contributed by atoms with E-state index in [2.05, 4.69) is 15.1 Å². The first kappa shape index (κ1) is 19.8. The van der Waals surface area contributed by atoms with Crippen LogP contribution < -0.4 is 14.2 Å². The molecule has 9 heteroatoms. The minimum absolute atomic E-state index is 0.326. The zero-order chi connectivity index (χ0) is 21.3. The van der Waals surface area contributed by atoms with Crippen LogP contribution >= 0.6 is 11.6 Å². The van der Waals surface area contributed by atoms with Gasteiger partial charge in [0.25, 0.3) is 5.89 Å².